The van der Waals surface area contributed by atoms with Crippen LogP contribution in [0.4, 0.5) is 14.5 Å². The molecule has 174 valence electrons. The van der Waals surface area contributed by atoms with Gasteiger partial charge >= 0.3 is 0 Å². The van der Waals surface area contributed by atoms with Gasteiger partial charge in [-0.2, -0.15) is 0 Å². The lowest BCUT2D eigenvalue weighted by Gasteiger charge is -2.16. The molecule has 3 aromatic carbocycles. The van der Waals surface area contributed by atoms with Crippen molar-refractivity contribution in [3.63, 3.8) is 0 Å². The van der Waals surface area contributed by atoms with Crippen LogP contribution in [0, 0.1) is 11.6 Å². The van der Waals surface area contributed by atoms with E-state index in [2.05, 4.69) is 10.0 Å². The zero-order valence-electron chi connectivity index (χ0n) is 17.7. The van der Waals surface area contributed by atoms with Gasteiger partial charge in [0.2, 0.25) is 0 Å². The molecule has 0 spiro atoms. The number of hydrogen-bond acceptors (Lipinski definition) is 4. The third-order valence-electron chi connectivity index (χ3n) is 4.69. The number of rotatable bonds is 8. The number of benzene rings is 3. The number of carbonyl (C=O) groups excluding carboxylic acids is 1. The van der Waals surface area contributed by atoms with Gasteiger partial charge in [-0.15, -0.1) is 0 Å². The highest BCUT2D eigenvalue weighted by molar-refractivity contribution is 7.92. The molecule has 0 saturated carbocycles. The lowest BCUT2D eigenvalue weighted by molar-refractivity contribution is 0.0939. The van der Waals surface area contributed by atoms with Crippen LogP contribution in [-0.4, -0.2) is 20.9 Å². The molecule has 0 radical (unpaired) electrons. The molecule has 3 rings (SSSR count). The van der Waals surface area contributed by atoms with E-state index in [1.807, 2.05) is 6.92 Å². The van der Waals surface area contributed by atoms with Crippen LogP contribution in [0.15, 0.2) is 65.6 Å². The van der Waals surface area contributed by atoms with Gasteiger partial charge in [-0.1, -0.05) is 17.7 Å². The second-order valence-electron chi connectivity index (χ2n) is 7.07. The van der Waals surface area contributed by atoms with Crippen LogP contribution >= 0.6 is 11.6 Å². The average Bonchev–Trinajstić information content (AvgIpc) is 2.75. The number of amides is 1. The lowest BCUT2D eigenvalue weighted by Crippen LogP contribution is -2.28. The Morgan fingerprint density at radius 3 is 2.39 bits per heavy atom. The van der Waals surface area contributed by atoms with Crippen LogP contribution in [0.3, 0.4) is 0 Å². The maximum absolute atomic E-state index is 14.0. The fourth-order valence-electron chi connectivity index (χ4n) is 3.05. The highest BCUT2D eigenvalue weighted by Crippen LogP contribution is 2.25. The van der Waals surface area contributed by atoms with E-state index in [0.29, 0.717) is 24.1 Å². The Bertz CT molecular complexity index is 1270. The molecule has 0 bridgehead atoms. The number of anilines is 1. The highest BCUT2D eigenvalue weighted by atomic mass is 35.5. The zero-order chi connectivity index (χ0) is 24.2. The van der Waals surface area contributed by atoms with Crippen LogP contribution in [0.5, 0.6) is 5.75 Å². The first-order valence-corrected chi connectivity index (χ1v) is 11.8. The Labute approximate surface area is 195 Å². The van der Waals surface area contributed by atoms with Gasteiger partial charge in [0, 0.05) is 17.3 Å². The molecule has 1 atom stereocenters. The van der Waals surface area contributed by atoms with Crippen molar-refractivity contribution >= 4 is 33.2 Å². The van der Waals surface area contributed by atoms with Crippen LogP contribution in [0.25, 0.3) is 0 Å². The Balaban J connectivity index is 1.80. The monoisotopic (exact) mass is 494 g/mol. The molecular formula is C23H21ClF2N2O4S. The molecule has 3 aromatic rings. The van der Waals surface area contributed by atoms with Crippen molar-refractivity contribution in [2.24, 2.45) is 0 Å². The van der Waals surface area contributed by atoms with Crippen LogP contribution in [0.2, 0.25) is 5.02 Å². The summed E-state index contributed by atoms with van der Waals surface area (Å²) in [6.45, 7) is 3.82. The van der Waals surface area contributed by atoms with Crippen LogP contribution in [-0.2, 0) is 10.0 Å². The van der Waals surface area contributed by atoms with Gasteiger partial charge in [0.25, 0.3) is 15.9 Å². The van der Waals surface area contributed by atoms with Gasteiger partial charge in [0.1, 0.15) is 17.4 Å². The lowest BCUT2D eigenvalue weighted by atomic mass is 10.1. The van der Waals surface area contributed by atoms with E-state index in [-0.39, 0.29) is 21.0 Å². The Hall–Kier alpha value is -3.17. The van der Waals surface area contributed by atoms with E-state index in [1.165, 1.54) is 25.1 Å². The molecule has 0 saturated heterocycles. The Kier molecular flexibility index (Phi) is 7.55. The van der Waals surface area contributed by atoms with Gasteiger partial charge in [0.05, 0.1) is 28.1 Å². The summed E-state index contributed by atoms with van der Waals surface area (Å²) in [5, 5.41) is 2.56. The van der Waals surface area contributed by atoms with Gasteiger partial charge in [0.15, 0.2) is 0 Å². The quantitative estimate of drug-likeness (QED) is 0.444. The maximum atomic E-state index is 14.0. The molecule has 0 aliphatic rings. The summed E-state index contributed by atoms with van der Waals surface area (Å²) in [5.74, 6) is -1.67. The molecule has 2 N–H and O–H groups in total. The molecule has 1 amide bonds. The van der Waals surface area contributed by atoms with E-state index < -0.39 is 33.6 Å². The van der Waals surface area contributed by atoms with Crippen molar-refractivity contribution in [2.75, 3.05) is 11.3 Å². The summed E-state index contributed by atoms with van der Waals surface area (Å²) in [4.78, 5) is 12.6. The molecule has 0 heterocycles. The molecule has 1 unspecified atom stereocenters. The number of sulfonamides is 1. The number of carbonyl (C=O) groups is 1. The first-order valence-electron chi connectivity index (χ1n) is 9.91. The van der Waals surface area contributed by atoms with Crippen LogP contribution in [0.1, 0.15) is 35.8 Å². The van der Waals surface area contributed by atoms with Crippen molar-refractivity contribution in [2.45, 2.75) is 24.8 Å². The van der Waals surface area contributed by atoms with Crippen molar-refractivity contribution in [3.8, 4) is 5.75 Å². The third-order valence-corrected chi connectivity index (χ3v) is 6.40. The zero-order valence-corrected chi connectivity index (χ0v) is 19.3. The molecule has 6 nitrogen and oxygen atoms in total. The minimum Gasteiger partial charge on any atom is -0.494 e. The average molecular weight is 495 g/mol. The van der Waals surface area contributed by atoms with Gasteiger partial charge in [-0.3, -0.25) is 9.52 Å². The molecule has 0 aliphatic carbocycles. The topological polar surface area (TPSA) is 84.5 Å². The minimum atomic E-state index is -4.03. The largest absolute Gasteiger partial charge is 0.494 e. The first kappa shape index (κ1) is 24.5. The molecule has 0 aromatic heterocycles. The summed E-state index contributed by atoms with van der Waals surface area (Å²) in [6.07, 6.45) is 0. The minimum absolute atomic E-state index is 0.0132. The maximum Gasteiger partial charge on any atom is 0.261 e. The fraction of sp³-hybridized carbons (Fsp3) is 0.174. The van der Waals surface area contributed by atoms with Crippen molar-refractivity contribution < 1.29 is 26.7 Å². The summed E-state index contributed by atoms with van der Waals surface area (Å²) in [7, 11) is -4.03. The van der Waals surface area contributed by atoms with Crippen molar-refractivity contribution in [1.82, 2.24) is 5.32 Å². The number of halogens is 3. The molecule has 0 fully saturated rings. The summed E-state index contributed by atoms with van der Waals surface area (Å²) >= 11 is 6.12. The van der Waals surface area contributed by atoms with E-state index in [0.717, 1.165) is 12.1 Å². The fourth-order valence-corrected chi connectivity index (χ4v) is 4.34. The summed E-state index contributed by atoms with van der Waals surface area (Å²) < 4.78 is 60.5. The normalized spacial score (nSPS) is 12.2. The Morgan fingerprint density at radius 2 is 1.76 bits per heavy atom. The Morgan fingerprint density at radius 1 is 1.06 bits per heavy atom. The first-order chi connectivity index (χ1) is 15.6. The predicted molar refractivity (Wildman–Crippen MR) is 122 cm³/mol. The molecular weight excluding hydrogens is 474 g/mol. The SMILES string of the molecule is CCOc1ccc(NS(=O)(=O)c2ccc(Cl)c(C(=O)NC(C)c3ccc(F)cc3F)c2)cc1. The highest BCUT2D eigenvalue weighted by Gasteiger charge is 2.21. The molecule has 33 heavy (non-hydrogen) atoms. The number of ether oxygens (including phenoxy) is 1. The van der Waals surface area contributed by atoms with Crippen molar-refractivity contribution in [3.05, 3.63) is 88.4 Å². The smallest absolute Gasteiger partial charge is 0.261 e. The summed E-state index contributed by atoms with van der Waals surface area (Å²) in [5.41, 5.74) is 0.266. The van der Waals surface area contributed by atoms with Crippen LogP contribution < -0.4 is 14.8 Å². The van der Waals surface area contributed by atoms with E-state index in [4.69, 9.17) is 16.3 Å². The number of hydrogen-bond donors (Lipinski definition) is 2. The third kappa shape index (κ3) is 6.00. The van der Waals surface area contributed by atoms with E-state index in [1.54, 1.807) is 24.3 Å². The standard InChI is InChI=1S/C23H21ClF2N2O4S/c1-3-32-17-7-5-16(6-8-17)28-33(30,31)18-9-11-21(24)20(13-18)23(29)27-14(2)19-10-4-15(25)12-22(19)26/h4-14,28H,3H2,1-2H3,(H,27,29). The predicted octanol–water partition coefficient (Wildman–Crippen LogP) is 5.31. The second kappa shape index (κ2) is 10.2. The summed E-state index contributed by atoms with van der Waals surface area (Å²) in [6, 6.07) is 12.2. The van der Waals surface area contributed by atoms with Gasteiger partial charge < -0.3 is 10.1 Å². The van der Waals surface area contributed by atoms with Gasteiger partial charge in [-0.25, -0.2) is 17.2 Å². The van der Waals surface area contributed by atoms with Gasteiger partial charge in [-0.05, 0) is 62.4 Å². The molecule has 10 heteroatoms. The van der Waals surface area contributed by atoms with E-state index in [9.17, 15) is 22.0 Å². The molecule has 0 aliphatic heterocycles. The second-order valence-corrected chi connectivity index (χ2v) is 9.16. The van der Waals surface area contributed by atoms with Crippen molar-refractivity contribution in [1.29, 1.82) is 0 Å². The van der Waals surface area contributed by atoms with E-state index >= 15 is 0 Å². The number of nitrogens with one attached hydrogen (secondary N) is 2.